The minimum Gasteiger partial charge on any atom is -0.504 e. The van der Waals surface area contributed by atoms with Gasteiger partial charge in [-0.25, -0.2) is 4.68 Å². The SMILES string of the molecule is COc1cc(/C=N/n2c(-c3ccccc3)nn([C@@H]3O[C@H](COC(C)=O)[C@@H](OC(C)=O)[C@H](OC(C)=O)[C@H]3OC(C)=O)c2=S)ccc1O. The Morgan fingerprint density at radius 1 is 0.935 bits per heavy atom. The van der Waals surface area contributed by atoms with Gasteiger partial charge in [0.1, 0.15) is 12.7 Å². The van der Waals surface area contributed by atoms with Crippen LogP contribution in [0.1, 0.15) is 39.5 Å². The first kappa shape index (κ1) is 33.8. The molecule has 0 spiro atoms. The van der Waals surface area contributed by atoms with Crippen molar-refractivity contribution in [1.82, 2.24) is 14.5 Å². The van der Waals surface area contributed by atoms with Crippen LogP contribution in [0.5, 0.6) is 11.5 Å². The molecule has 1 fully saturated rings. The molecule has 0 aliphatic carbocycles. The van der Waals surface area contributed by atoms with Gasteiger partial charge in [-0.2, -0.15) is 9.78 Å². The molecule has 2 aromatic carbocycles. The number of phenols is 1. The van der Waals surface area contributed by atoms with E-state index >= 15 is 0 Å². The summed E-state index contributed by atoms with van der Waals surface area (Å²) in [6.07, 6.45) is -5.36. The summed E-state index contributed by atoms with van der Waals surface area (Å²) in [5.74, 6) is -2.54. The summed E-state index contributed by atoms with van der Waals surface area (Å²) in [6, 6.07) is 13.5. The van der Waals surface area contributed by atoms with Crippen LogP contribution in [0.15, 0.2) is 53.6 Å². The van der Waals surface area contributed by atoms with Gasteiger partial charge in [0.25, 0.3) is 0 Å². The zero-order chi connectivity index (χ0) is 33.5. The Kier molecular flexibility index (Phi) is 10.9. The number of phenolic OH excluding ortho intramolecular Hbond substituents is 1. The average molecular weight is 657 g/mol. The third-order valence-electron chi connectivity index (χ3n) is 6.55. The number of carbonyl (C=O) groups is 4. The summed E-state index contributed by atoms with van der Waals surface area (Å²) < 4.78 is 35.7. The van der Waals surface area contributed by atoms with Crippen LogP contribution in [-0.2, 0) is 42.9 Å². The van der Waals surface area contributed by atoms with Crippen molar-refractivity contribution in [3.8, 4) is 22.9 Å². The number of hydrogen-bond acceptors (Lipinski definition) is 14. The number of benzene rings is 2. The lowest BCUT2D eigenvalue weighted by Gasteiger charge is -2.44. The van der Waals surface area contributed by atoms with Gasteiger partial charge in [-0.1, -0.05) is 30.3 Å². The number of rotatable bonds is 10. The maximum Gasteiger partial charge on any atom is 0.303 e. The monoisotopic (exact) mass is 656 g/mol. The number of hydrogen-bond donors (Lipinski definition) is 1. The van der Waals surface area contributed by atoms with Gasteiger partial charge in [0.15, 0.2) is 41.9 Å². The molecule has 0 amide bonds. The zero-order valence-electron chi connectivity index (χ0n) is 25.5. The van der Waals surface area contributed by atoms with Crippen molar-refractivity contribution in [3.05, 3.63) is 58.9 Å². The van der Waals surface area contributed by atoms with Gasteiger partial charge in [-0.15, -0.1) is 5.10 Å². The Bertz CT molecular complexity index is 1690. The molecule has 0 bridgehead atoms. The smallest absolute Gasteiger partial charge is 0.303 e. The number of aromatic hydroxyl groups is 1. The van der Waals surface area contributed by atoms with Crippen molar-refractivity contribution in [2.24, 2.45) is 5.10 Å². The van der Waals surface area contributed by atoms with E-state index in [9.17, 15) is 24.3 Å². The normalized spacial score (nSPS) is 20.9. The van der Waals surface area contributed by atoms with Gasteiger partial charge in [0, 0.05) is 33.3 Å². The second-order valence-electron chi connectivity index (χ2n) is 9.99. The fourth-order valence-corrected chi connectivity index (χ4v) is 4.99. The minimum absolute atomic E-state index is 0.0400. The van der Waals surface area contributed by atoms with E-state index in [-0.39, 0.29) is 22.1 Å². The van der Waals surface area contributed by atoms with Crippen molar-refractivity contribution in [3.63, 3.8) is 0 Å². The molecule has 0 saturated carbocycles. The predicted octanol–water partition coefficient (Wildman–Crippen LogP) is 2.93. The Hall–Kier alpha value is -5.09. The molecule has 3 aromatic rings. The highest BCUT2D eigenvalue weighted by Gasteiger charge is 2.53. The van der Waals surface area contributed by atoms with Crippen molar-refractivity contribution >= 4 is 42.3 Å². The van der Waals surface area contributed by atoms with Crippen molar-refractivity contribution in [1.29, 1.82) is 0 Å². The van der Waals surface area contributed by atoms with E-state index in [0.717, 1.165) is 20.8 Å². The lowest BCUT2D eigenvalue weighted by Crippen LogP contribution is -2.60. The highest BCUT2D eigenvalue weighted by atomic mass is 32.1. The molecule has 0 radical (unpaired) electrons. The van der Waals surface area contributed by atoms with Gasteiger partial charge in [-0.3, -0.25) is 19.2 Å². The molecule has 15 nitrogen and oxygen atoms in total. The fourth-order valence-electron chi connectivity index (χ4n) is 4.71. The Balaban J connectivity index is 1.90. The molecule has 46 heavy (non-hydrogen) atoms. The van der Waals surface area contributed by atoms with E-state index in [0.29, 0.717) is 11.1 Å². The zero-order valence-corrected chi connectivity index (χ0v) is 26.3. The molecule has 244 valence electrons. The van der Waals surface area contributed by atoms with Crippen LogP contribution >= 0.6 is 12.2 Å². The number of carbonyl (C=O) groups excluding carboxylic acids is 4. The molecule has 1 saturated heterocycles. The highest BCUT2D eigenvalue weighted by Crippen LogP contribution is 2.36. The second-order valence-corrected chi connectivity index (χ2v) is 10.4. The Morgan fingerprint density at radius 2 is 1.57 bits per heavy atom. The summed E-state index contributed by atoms with van der Waals surface area (Å²) in [6.45, 7) is 4.15. The Labute approximate surface area is 268 Å². The third kappa shape index (κ3) is 7.94. The molecule has 16 heteroatoms. The van der Waals surface area contributed by atoms with Gasteiger partial charge in [0.05, 0.1) is 13.3 Å². The lowest BCUT2D eigenvalue weighted by atomic mass is 9.97. The van der Waals surface area contributed by atoms with Gasteiger partial charge < -0.3 is 33.5 Å². The quantitative estimate of drug-likeness (QED) is 0.146. The molecule has 5 atom stereocenters. The minimum atomic E-state index is -1.44. The van der Waals surface area contributed by atoms with E-state index in [1.165, 1.54) is 35.7 Å². The summed E-state index contributed by atoms with van der Waals surface area (Å²) in [5, 5.41) is 19.2. The van der Waals surface area contributed by atoms with E-state index in [1.54, 1.807) is 36.4 Å². The molecular weight excluding hydrogens is 624 g/mol. The van der Waals surface area contributed by atoms with Crippen molar-refractivity contribution in [2.75, 3.05) is 13.7 Å². The third-order valence-corrected chi connectivity index (χ3v) is 6.91. The van der Waals surface area contributed by atoms with Gasteiger partial charge in [0.2, 0.25) is 4.77 Å². The number of esters is 4. The summed E-state index contributed by atoms with van der Waals surface area (Å²) in [7, 11) is 1.41. The standard InChI is InChI=1S/C30H32N4O11S/c1-16(35)41-15-24-25(42-17(2)36)26(43-18(3)37)27(44-19(4)38)29(45-24)34-30(46)33(28(32-34)21-9-7-6-8-10-21)31-14-20-11-12-22(39)23(13-20)40-5/h6-14,24-27,29,39H,15H2,1-5H3/b31-14+/t24-,25-,26+,27-,29-/m1/s1. The molecule has 1 aromatic heterocycles. The number of methoxy groups -OCH3 is 1. The van der Waals surface area contributed by atoms with Crippen LogP contribution in [0.2, 0.25) is 0 Å². The first-order valence-corrected chi connectivity index (χ1v) is 14.3. The van der Waals surface area contributed by atoms with Gasteiger partial charge >= 0.3 is 23.9 Å². The summed E-state index contributed by atoms with van der Waals surface area (Å²) >= 11 is 5.80. The first-order chi connectivity index (χ1) is 21.9. The second kappa shape index (κ2) is 14.8. The van der Waals surface area contributed by atoms with Gasteiger partial charge in [-0.05, 0) is 36.0 Å². The van der Waals surface area contributed by atoms with Crippen molar-refractivity contribution in [2.45, 2.75) is 58.3 Å². The summed E-state index contributed by atoms with van der Waals surface area (Å²) in [4.78, 5) is 48.5. The lowest BCUT2D eigenvalue weighted by molar-refractivity contribution is -0.270. The average Bonchev–Trinajstić information content (AvgIpc) is 3.33. The number of aromatic nitrogens is 3. The van der Waals surface area contributed by atoms with Crippen molar-refractivity contribution < 1.29 is 52.7 Å². The molecule has 4 rings (SSSR count). The van der Waals surface area contributed by atoms with E-state index in [1.807, 2.05) is 6.07 Å². The van der Waals surface area contributed by atoms with E-state index in [4.69, 9.17) is 40.6 Å². The molecule has 1 N–H and O–H groups in total. The maximum atomic E-state index is 12.4. The van der Waals surface area contributed by atoms with Crippen LogP contribution in [0.4, 0.5) is 0 Å². The largest absolute Gasteiger partial charge is 0.504 e. The molecule has 2 heterocycles. The maximum absolute atomic E-state index is 12.4. The molecular formula is C30H32N4O11S. The van der Waals surface area contributed by atoms with Crippen LogP contribution in [0.3, 0.4) is 0 Å². The number of nitrogens with zero attached hydrogens (tertiary/aromatic N) is 4. The Morgan fingerprint density at radius 3 is 2.17 bits per heavy atom. The fraction of sp³-hybridized carbons (Fsp3) is 0.367. The topological polar surface area (TPSA) is 179 Å². The molecule has 1 aliphatic rings. The van der Waals surface area contributed by atoms with Crippen LogP contribution in [0, 0.1) is 4.77 Å². The highest BCUT2D eigenvalue weighted by molar-refractivity contribution is 7.71. The molecule has 1 aliphatic heterocycles. The summed E-state index contributed by atoms with van der Waals surface area (Å²) in [5.41, 5.74) is 1.15. The van der Waals surface area contributed by atoms with Crippen LogP contribution in [0.25, 0.3) is 11.4 Å². The number of ether oxygens (including phenoxy) is 6. The first-order valence-electron chi connectivity index (χ1n) is 13.9. The van der Waals surface area contributed by atoms with E-state index in [2.05, 4.69) is 10.2 Å². The van der Waals surface area contributed by atoms with Crippen LogP contribution in [-0.4, -0.2) is 87.8 Å². The predicted molar refractivity (Wildman–Crippen MR) is 161 cm³/mol. The van der Waals surface area contributed by atoms with E-state index < -0.39 is 61.1 Å². The van der Waals surface area contributed by atoms with Crippen LogP contribution < -0.4 is 4.74 Å². The molecule has 0 unspecified atom stereocenters.